The molecule has 1 fully saturated rings. The van der Waals surface area contributed by atoms with E-state index in [0.717, 1.165) is 6.42 Å². The van der Waals surface area contributed by atoms with Crippen LogP contribution in [0.4, 0.5) is 4.79 Å². The van der Waals surface area contributed by atoms with Crippen molar-refractivity contribution in [3.05, 3.63) is 35.4 Å². The van der Waals surface area contributed by atoms with Crippen LogP contribution in [0.15, 0.2) is 24.3 Å². The molecule has 1 aromatic carbocycles. The lowest BCUT2D eigenvalue weighted by Crippen LogP contribution is -2.40. The van der Waals surface area contributed by atoms with Crippen LogP contribution >= 0.6 is 0 Å². The number of imide groups is 1. The highest BCUT2D eigenvalue weighted by molar-refractivity contribution is 6.07. The van der Waals surface area contributed by atoms with E-state index in [4.69, 9.17) is 5.11 Å². The van der Waals surface area contributed by atoms with Crippen LogP contribution in [0, 0.1) is 0 Å². The van der Waals surface area contributed by atoms with Crippen molar-refractivity contribution < 1.29 is 24.3 Å². The second kappa shape index (κ2) is 7.78. The fourth-order valence-electron chi connectivity index (χ4n) is 2.60. The minimum atomic E-state index is -1.20. The van der Waals surface area contributed by atoms with E-state index in [9.17, 15) is 19.2 Å². The molecule has 1 unspecified atom stereocenters. The number of carbonyl (C=O) groups excluding carboxylic acids is 3. The summed E-state index contributed by atoms with van der Waals surface area (Å²) in [7, 11) is 0. The molecular weight excluding hydrogens is 326 g/mol. The Morgan fingerprint density at radius 2 is 1.96 bits per heavy atom. The maximum absolute atomic E-state index is 12.2. The van der Waals surface area contributed by atoms with Crippen LogP contribution in [0.3, 0.4) is 0 Å². The van der Waals surface area contributed by atoms with Gasteiger partial charge in [0, 0.05) is 18.5 Å². The second-order valence-corrected chi connectivity index (χ2v) is 6.07. The van der Waals surface area contributed by atoms with Crippen LogP contribution in [0.25, 0.3) is 0 Å². The van der Waals surface area contributed by atoms with Gasteiger partial charge < -0.3 is 15.7 Å². The van der Waals surface area contributed by atoms with Gasteiger partial charge in [-0.1, -0.05) is 18.6 Å². The van der Waals surface area contributed by atoms with Crippen molar-refractivity contribution in [1.82, 2.24) is 16.0 Å². The van der Waals surface area contributed by atoms with Gasteiger partial charge in [-0.3, -0.25) is 19.7 Å². The van der Waals surface area contributed by atoms with E-state index in [1.165, 1.54) is 0 Å². The Morgan fingerprint density at radius 3 is 2.60 bits per heavy atom. The molecule has 8 nitrogen and oxygen atoms in total. The largest absolute Gasteiger partial charge is 0.481 e. The topological polar surface area (TPSA) is 125 Å². The third-order valence-electron chi connectivity index (χ3n) is 4.10. The van der Waals surface area contributed by atoms with Crippen LogP contribution < -0.4 is 16.0 Å². The highest BCUT2D eigenvalue weighted by Crippen LogP contribution is 2.25. The van der Waals surface area contributed by atoms with Crippen LogP contribution in [0.2, 0.25) is 0 Å². The molecule has 1 atom stereocenters. The zero-order valence-corrected chi connectivity index (χ0v) is 13.9. The molecule has 1 saturated heterocycles. The average Bonchev–Trinajstić information content (AvgIpc) is 2.83. The van der Waals surface area contributed by atoms with Gasteiger partial charge in [-0.2, -0.15) is 0 Å². The quantitative estimate of drug-likeness (QED) is 0.414. The van der Waals surface area contributed by atoms with E-state index >= 15 is 0 Å². The Kier molecular flexibility index (Phi) is 5.74. The van der Waals surface area contributed by atoms with E-state index in [1.54, 1.807) is 31.2 Å². The molecular formula is C17H21N3O5. The average molecular weight is 347 g/mol. The molecule has 0 radical (unpaired) electrons. The molecule has 25 heavy (non-hydrogen) atoms. The van der Waals surface area contributed by atoms with Crippen molar-refractivity contribution in [2.45, 2.75) is 38.1 Å². The third kappa shape index (κ3) is 4.56. The predicted molar refractivity (Wildman–Crippen MR) is 88.9 cm³/mol. The summed E-state index contributed by atoms with van der Waals surface area (Å²) in [5, 5.41) is 16.1. The standard InChI is InChI=1S/C17H21N3O5/c1-17(15(24)19-16(25)20-17)12-7-5-6-11(10-12)14(23)18-9-4-2-3-8-13(21)22/h5-7,10H,2-4,8-9H2,1H3,(H,18,23)(H,21,22)(H2,19,20,24,25). The summed E-state index contributed by atoms with van der Waals surface area (Å²) >= 11 is 0. The fraction of sp³-hybridized carbons (Fsp3) is 0.412. The van der Waals surface area contributed by atoms with Crippen LogP contribution in [-0.4, -0.2) is 35.5 Å². The molecule has 134 valence electrons. The third-order valence-corrected chi connectivity index (χ3v) is 4.10. The molecule has 0 saturated carbocycles. The summed E-state index contributed by atoms with van der Waals surface area (Å²) in [6.45, 7) is 2.02. The van der Waals surface area contributed by atoms with Gasteiger partial charge >= 0.3 is 12.0 Å². The van der Waals surface area contributed by atoms with Gasteiger partial charge in [0.05, 0.1) is 0 Å². The fourth-order valence-corrected chi connectivity index (χ4v) is 2.60. The van der Waals surface area contributed by atoms with E-state index < -0.39 is 23.4 Å². The van der Waals surface area contributed by atoms with Crippen LogP contribution in [-0.2, 0) is 15.1 Å². The molecule has 1 aromatic rings. The Balaban J connectivity index is 1.92. The molecule has 0 spiro atoms. The molecule has 1 aliphatic heterocycles. The lowest BCUT2D eigenvalue weighted by atomic mass is 9.91. The van der Waals surface area contributed by atoms with Gasteiger partial charge in [0.25, 0.3) is 11.8 Å². The zero-order valence-electron chi connectivity index (χ0n) is 13.9. The smallest absolute Gasteiger partial charge is 0.322 e. The van der Waals surface area contributed by atoms with E-state index in [-0.39, 0.29) is 12.3 Å². The first-order valence-corrected chi connectivity index (χ1v) is 8.07. The number of hydrogen-bond acceptors (Lipinski definition) is 4. The molecule has 4 amide bonds. The summed E-state index contributed by atoms with van der Waals surface area (Å²) in [6.07, 6.45) is 2.11. The van der Waals surface area contributed by atoms with Crippen molar-refractivity contribution >= 4 is 23.8 Å². The molecule has 8 heteroatoms. The molecule has 1 aliphatic rings. The van der Waals surface area contributed by atoms with Gasteiger partial charge in [0.15, 0.2) is 0 Å². The molecule has 4 N–H and O–H groups in total. The van der Waals surface area contributed by atoms with Crippen LogP contribution in [0.5, 0.6) is 0 Å². The molecule has 0 aliphatic carbocycles. The highest BCUT2D eigenvalue weighted by Gasteiger charge is 2.43. The van der Waals surface area contributed by atoms with Crippen molar-refractivity contribution in [3.8, 4) is 0 Å². The summed E-state index contributed by atoms with van der Waals surface area (Å²) in [4.78, 5) is 46.0. The van der Waals surface area contributed by atoms with Gasteiger partial charge in [-0.05, 0) is 37.5 Å². The number of unbranched alkanes of at least 4 members (excludes halogenated alkanes) is 2. The molecule has 1 heterocycles. The highest BCUT2D eigenvalue weighted by atomic mass is 16.4. The summed E-state index contributed by atoms with van der Waals surface area (Å²) in [5.41, 5.74) is -0.298. The monoisotopic (exact) mass is 347 g/mol. The normalized spacial score (nSPS) is 19.2. The van der Waals surface area contributed by atoms with E-state index in [2.05, 4.69) is 16.0 Å². The van der Waals surface area contributed by atoms with Crippen molar-refractivity contribution in [3.63, 3.8) is 0 Å². The van der Waals surface area contributed by atoms with Gasteiger partial charge in [-0.15, -0.1) is 0 Å². The SMILES string of the molecule is CC1(c2cccc(C(=O)NCCCCCC(=O)O)c2)NC(=O)NC1=O. The number of amides is 4. The molecule has 2 rings (SSSR count). The van der Waals surface area contributed by atoms with Crippen LogP contribution in [0.1, 0.15) is 48.5 Å². The molecule has 0 bridgehead atoms. The van der Waals surface area contributed by atoms with Gasteiger partial charge in [0.1, 0.15) is 5.54 Å². The summed E-state index contributed by atoms with van der Waals surface area (Å²) in [5.74, 6) is -1.57. The number of carboxylic acid groups (broad SMARTS) is 1. The number of hydrogen-bond donors (Lipinski definition) is 4. The zero-order chi connectivity index (χ0) is 18.4. The second-order valence-electron chi connectivity index (χ2n) is 6.07. The number of carbonyl (C=O) groups is 4. The minimum absolute atomic E-state index is 0.127. The Morgan fingerprint density at radius 1 is 1.20 bits per heavy atom. The number of carboxylic acids is 1. The molecule has 0 aromatic heterocycles. The lowest BCUT2D eigenvalue weighted by Gasteiger charge is -2.21. The maximum Gasteiger partial charge on any atom is 0.322 e. The van der Waals surface area contributed by atoms with Gasteiger partial charge in [-0.25, -0.2) is 4.79 Å². The summed E-state index contributed by atoms with van der Waals surface area (Å²) in [6, 6.07) is 5.96. The number of benzene rings is 1. The number of urea groups is 1. The minimum Gasteiger partial charge on any atom is -0.481 e. The predicted octanol–water partition coefficient (Wildman–Crippen LogP) is 1.12. The van der Waals surface area contributed by atoms with Crippen molar-refractivity contribution in [1.29, 1.82) is 0 Å². The summed E-state index contributed by atoms with van der Waals surface area (Å²) < 4.78 is 0. The first-order chi connectivity index (χ1) is 11.8. The maximum atomic E-state index is 12.2. The Bertz CT molecular complexity index is 703. The van der Waals surface area contributed by atoms with E-state index in [0.29, 0.717) is 30.5 Å². The lowest BCUT2D eigenvalue weighted by molar-refractivity contribution is -0.137. The van der Waals surface area contributed by atoms with E-state index in [1.807, 2.05) is 0 Å². The number of rotatable bonds is 8. The Labute approximate surface area is 145 Å². The Hall–Kier alpha value is -2.90. The number of nitrogens with one attached hydrogen (secondary N) is 3. The first-order valence-electron chi connectivity index (χ1n) is 8.07. The van der Waals surface area contributed by atoms with Crippen molar-refractivity contribution in [2.75, 3.05) is 6.54 Å². The van der Waals surface area contributed by atoms with Crippen molar-refractivity contribution in [2.24, 2.45) is 0 Å². The van der Waals surface area contributed by atoms with Gasteiger partial charge in [0.2, 0.25) is 0 Å². The first kappa shape index (κ1) is 18.4. The number of aliphatic carboxylic acids is 1.